The summed E-state index contributed by atoms with van der Waals surface area (Å²) in [5.41, 5.74) is 0. The van der Waals surface area contributed by atoms with Crippen LogP contribution in [-0.4, -0.2) is 87.7 Å². The minimum Gasteiger partial charge on any atom is -0.463 e. The first-order valence-corrected chi connectivity index (χ1v) is 27.8. The van der Waals surface area contributed by atoms with Gasteiger partial charge in [0.1, 0.15) is 10.5 Å². The van der Waals surface area contributed by atoms with Crippen molar-refractivity contribution in [1.29, 1.82) is 0 Å². The van der Waals surface area contributed by atoms with Gasteiger partial charge in [-0.1, -0.05) is 0 Å². The van der Waals surface area contributed by atoms with Gasteiger partial charge in [-0.3, -0.25) is 0 Å². The molecule has 0 aliphatic carbocycles. The van der Waals surface area contributed by atoms with Crippen LogP contribution in [0.25, 0.3) is 0 Å². The molecule has 3 N–H and O–H groups in total. The molecule has 0 saturated heterocycles. The van der Waals surface area contributed by atoms with Gasteiger partial charge in [-0.25, -0.2) is 0 Å². The van der Waals surface area contributed by atoms with Crippen LogP contribution in [0, 0.1) is 0 Å². The predicted molar refractivity (Wildman–Crippen MR) is 154 cm³/mol. The molecule has 0 bridgehead atoms. The molecular weight excluding hydrogens is 521 g/mol. The van der Waals surface area contributed by atoms with Gasteiger partial charge in [-0.2, -0.15) is 0 Å². The first-order chi connectivity index (χ1) is 15.1. The van der Waals surface area contributed by atoms with Gasteiger partial charge in [0, 0.05) is 25.9 Å². The highest BCUT2D eigenvalue weighted by molar-refractivity contribution is 6.90. The molecule has 33 heavy (non-hydrogen) atoms. The average molecular weight is 575 g/mol. The van der Waals surface area contributed by atoms with E-state index < -0.39 is 42.1 Å². The Morgan fingerprint density at radius 1 is 0.485 bits per heavy atom. The van der Waals surface area contributed by atoms with Gasteiger partial charge in [0.2, 0.25) is 0 Å². The minimum absolute atomic E-state index is 0.168. The van der Waals surface area contributed by atoms with Crippen LogP contribution in [0.3, 0.4) is 0 Å². The molecule has 0 aromatic heterocycles. The second-order valence-electron chi connectivity index (χ2n) is 11.6. The highest BCUT2D eigenvalue weighted by Crippen LogP contribution is 2.35. The van der Waals surface area contributed by atoms with Gasteiger partial charge in [-0.15, -0.1) is 0 Å². The van der Waals surface area contributed by atoms with Gasteiger partial charge in [0.15, 0.2) is 33.3 Å². The Labute approximate surface area is 212 Å². The summed E-state index contributed by atoms with van der Waals surface area (Å²) in [6.07, 6.45) is 3.16. The molecule has 0 saturated carbocycles. The largest absolute Gasteiger partial charge is 0.469 e. The first-order valence-electron chi connectivity index (χ1n) is 12.6. The topological polar surface area (TPSA) is 97.6 Å². The zero-order chi connectivity index (χ0) is 25.8. The van der Waals surface area contributed by atoms with Crippen molar-refractivity contribution >= 4 is 52.6 Å². The summed E-state index contributed by atoms with van der Waals surface area (Å²) in [7, 11) is -10.4. The molecule has 7 nitrogen and oxygen atoms in total. The third-order valence-electron chi connectivity index (χ3n) is 5.92. The maximum atomic E-state index is 9.43. The zero-order valence-electron chi connectivity index (χ0n) is 23.0. The molecule has 0 spiro atoms. The van der Waals surface area contributed by atoms with Crippen LogP contribution in [-0.2, 0) is 16.5 Å². The van der Waals surface area contributed by atoms with E-state index >= 15 is 0 Å². The van der Waals surface area contributed by atoms with Crippen molar-refractivity contribution in [3.8, 4) is 0 Å². The number of aliphatic hydroxyl groups is 3. The predicted octanol–water partition coefficient (Wildman–Crippen LogP) is 3.63. The van der Waals surface area contributed by atoms with Crippen molar-refractivity contribution < 1.29 is 31.8 Å². The summed E-state index contributed by atoms with van der Waals surface area (Å²) in [6.45, 7) is 18.3. The average Bonchev–Trinajstić information content (AvgIpc) is 2.68. The lowest BCUT2D eigenvalue weighted by Crippen LogP contribution is -2.62. The van der Waals surface area contributed by atoms with Crippen LogP contribution in [0.15, 0.2) is 0 Å². The van der Waals surface area contributed by atoms with Crippen molar-refractivity contribution in [2.45, 2.75) is 108 Å². The van der Waals surface area contributed by atoms with E-state index in [0.29, 0.717) is 0 Å². The normalized spacial score (nSPS) is 14.3. The van der Waals surface area contributed by atoms with Crippen molar-refractivity contribution in [2.24, 2.45) is 0 Å². The summed E-state index contributed by atoms with van der Waals surface area (Å²) in [5, 5.41) is 28.3. The lowest BCUT2D eigenvalue weighted by atomic mass is 10.5. The van der Waals surface area contributed by atoms with Gasteiger partial charge >= 0.3 is 8.80 Å². The van der Waals surface area contributed by atoms with Crippen LogP contribution in [0.5, 0.6) is 0 Å². The lowest BCUT2D eigenvalue weighted by molar-refractivity contribution is 0.238. The molecule has 0 amide bonds. The lowest BCUT2D eigenvalue weighted by Gasteiger charge is -2.45. The summed E-state index contributed by atoms with van der Waals surface area (Å²) in [4.78, 5) is 0. The maximum Gasteiger partial charge on any atom is 0.469 e. The molecule has 0 radical (unpaired) electrons. The third kappa shape index (κ3) is 15.7. The van der Waals surface area contributed by atoms with Crippen LogP contribution < -0.4 is 0 Å². The van der Waals surface area contributed by atoms with Crippen LogP contribution in [0.4, 0.5) is 0 Å². The molecule has 0 aliphatic heterocycles. The molecule has 0 fully saturated rings. The van der Waals surface area contributed by atoms with E-state index in [-0.39, 0.29) is 19.8 Å². The molecule has 0 rings (SSSR count). The van der Waals surface area contributed by atoms with Gasteiger partial charge < -0.3 is 31.8 Å². The van der Waals surface area contributed by atoms with Crippen molar-refractivity contribution in [1.82, 2.24) is 0 Å². The van der Waals surface area contributed by atoms with Gasteiger partial charge in [0.05, 0.1) is 0 Å². The Balaban J connectivity index is 6.11. The minimum atomic E-state index is -3.05. The third-order valence-corrected chi connectivity index (χ3v) is 27.9. The summed E-state index contributed by atoms with van der Waals surface area (Å²) in [6, 6.07) is 4.44. The van der Waals surface area contributed by atoms with E-state index in [9.17, 15) is 15.3 Å². The Bertz CT molecular complexity index is 480. The summed E-state index contributed by atoms with van der Waals surface area (Å²) in [5.74, 6) is 0. The fraction of sp³-hybridized carbons (Fsp3) is 1.00. The Hall–Kier alpha value is 1.02. The monoisotopic (exact) mass is 574 g/mol. The molecule has 0 heterocycles. The van der Waals surface area contributed by atoms with E-state index in [1.165, 1.54) is 0 Å². The zero-order valence-corrected chi connectivity index (χ0v) is 30.0. The number of aliphatic hydroxyl groups excluding tert-OH is 3. The van der Waals surface area contributed by atoms with E-state index in [1.807, 2.05) is 0 Å². The molecule has 0 aromatic carbocycles. The molecule has 0 unspecified atom stereocenters. The SMILES string of the molecule is C[Si](C)(CCC[Si](O[Si](C)(C)CCCO)(O[Si](C)(C)CCCO)O[Si](C)(C)CCCO)O[SiH3]. The van der Waals surface area contributed by atoms with Crippen molar-refractivity contribution in [3.05, 3.63) is 0 Å². The van der Waals surface area contributed by atoms with Crippen molar-refractivity contribution in [3.63, 3.8) is 0 Å². The highest BCUT2D eigenvalue weighted by atomic mass is 28.5. The van der Waals surface area contributed by atoms with E-state index in [1.54, 1.807) is 0 Å². The molecular formula is C20H54O7Si6. The molecule has 0 aromatic rings. The summed E-state index contributed by atoms with van der Waals surface area (Å²) < 4.78 is 27.1. The molecule has 0 aliphatic rings. The maximum absolute atomic E-state index is 9.43. The Morgan fingerprint density at radius 2 is 0.788 bits per heavy atom. The number of hydrogen-bond donors (Lipinski definition) is 3. The molecule has 200 valence electrons. The van der Waals surface area contributed by atoms with Crippen molar-refractivity contribution in [2.75, 3.05) is 19.8 Å². The number of rotatable bonds is 20. The Kier molecular flexibility index (Phi) is 15.8. The molecule has 0 atom stereocenters. The first kappa shape index (κ1) is 34.0. The number of hydrogen-bond acceptors (Lipinski definition) is 7. The standard InChI is InChI=1S/C20H54O7Si6/c1-29(2,24-28)19-12-20-33(25-30(3,4)16-9-13-21,26-31(5,6)17-10-14-22)27-32(7,8)18-11-15-23/h21-23H,9-20H2,1-8,28H3. The fourth-order valence-corrected chi connectivity index (χ4v) is 24.0. The van der Waals surface area contributed by atoms with Crippen LogP contribution in [0.1, 0.15) is 25.7 Å². The van der Waals surface area contributed by atoms with E-state index in [2.05, 4.69) is 52.4 Å². The smallest absolute Gasteiger partial charge is 0.463 e. The van der Waals surface area contributed by atoms with Crippen LogP contribution in [0.2, 0.25) is 82.6 Å². The molecule has 13 heteroatoms. The second kappa shape index (κ2) is 15.3. The second-order valence-corrected chi connectivity index (χ2v) is 33.6. The Morgan fingerprint density at radius 3 is 1.06 bits per heavy atom. The van der Waals surface area contributed by atoms with E-state index in [4.69, 9.17) is 16.5 Å². The quantitative estimate of drug-likeness (QED) is 0.191. The van der Waals surface area contributed by atoms with Crippen LogP contribution >= 0.6 is 0 Å². The highest BCUT2D eigenvalue weighted by Gasteiger charge is 2.52. The van der Waals surface area contributed by atoms with Gasteiger partial charge in [0.25, 0.3) is 0 Å². The van der Waals surface area contributed by atoms with E-state index in [0.717, 1.165) is 66.4 Å². The summed E-state index contributed by atoms with van der Waals surface area (Å²) >= 11 is 0. The fourth-order valence-electron chi connectivity index (χ4n) is 3.98. The van der Waals surface area contributed by atoms with Gasteiger partial charge in [-0.05, 0) is 102 Å².